The summed E-state index contributed by atoms with van der Waals surface area (Å²) in [6, 6.07) is 11.6. The van der Waals surface area contributed by atoms with Gasteiger partial charge in [-0.3, -0.25) is 9.69 Å². The van der Waals surface area contributed by atoms with E-state index in [9.17, 15) is 4.79 Å². The number of hydrogen-bond acceptors (Lipinski definition) is 4. The molecule has 126 valence electrons. The zero-order valence-corrected chi connectivity index (χ0v) is 13.9. The number of hydrogen-bond donors (Lipinski definition) is 2. The fraction of sp³-hybridized carbons (Fsp3) is 0.421. The molecule has 5 rings (SSSR count). The SMILES string of the molecule is C[C@@H]1[C@H](NC(=O)c2ccc(-c3ccccc3N)o2)C2CCN1CC2. The van der Waals surface area contributed by atoms with Gasteiger partial charge in [0.25, 0.3) is 5.91 Å². The lowest BCUT2D eigenvalue weighted by Crippen LogP contribution is -2.62. The Morgan fingerprint density at radius 1 is 1.21 bits per heavy atom. The van der Waals surface area contributed by atoms with Gasteiger partial charge in [-0.05, 0) is 63.0 Å². The van der Waals surface area contributed by atoms with E-state index in [0.29, 0.717) is 29.2 Å². The number of carbonyl (C=O) groups is 1. The van der Waals surface area contributed by atoms with Crippen molar-refractivity contribution >= 4 is 11.6 Å². The summed E-state index contributed by atoms with van der Waals surface area (Å²) >= 11 is 0. The summed E-state index contributed by atoms with van der Waals surface area (Å²) in [5, 5.41) is 3.19. The molecule has 1 amide bonds. The van der Waals surface area contributed by atoms with Crippen LogP contribution in [0.1, 0.15) is 30.3 Å². The average molecular weight is 325 g/mol. The predicted octanol–water partition coefficient (Wildman–Crippen LogP) is 2.74. The highest BCUT2D eigenvalue weighted by atomic mass is 16.3. The normalized spacial score (nSPS) is 28.7. The van der Waals surface area contributed by atoms with Crippen LogP contribution in [0, 0.1) is 5.92 Å². The number of furan rings is 1. The van der Waals surface area contributed by atoms with Crippen molar-refractivity contribution in [1.82, 2.24) is 10.2 Å². The average Bonchev–Trinajstić information content (AvgIpc) is 3.09. The molecule has 0 radical (unpaired) electrons. The van der Waals surface area contributed by atoms with Crippen molar-refractivity contribution in [1.29, 1.82) is 0 Å². The van der Waals surface area contributed by atoms with Gasteiger partial charge >= 0.3 is 0 Å². The fourth-order valence-electron chi connectivity index (χ4n) is 4.09. The topological polar surface area (TPSA) is 71.5 Å². The first kappa shape index (κ1) is 15.3. The van der Waals surface area contributed by atoms with Gasteiger partial charge in [-0.1, -0.05) is 12.1 Å². The van der Waals surface area contributed by atoms with Crippen molar-refractivity contribution < 1.29 is 9.21 Å². The molecule has 1 aromatic carbocycles. The number of nitrogens with one attached hydrogen (secondary N) is 1. The minimum absolute atomic E-state index is 0.138. The number of fused-ring (bicyclic) bond motifs is 3. The molecule has 2 aromatic rings. The van der Waals surface area contributed by atoms with Crippen LogP contribution >= 0.6 is 0 Å². The standard InChI is InChI=1S/C19H23N3O2/c1-12-18(13-8-10-22(12)11-9-13)21-19(23)17-7-6-16(24-17)14-4-2-3-5-15(14)20/h2-7,12-13,18H,8-11,20H2,1H3,(H,21,23)/t12-,18+/m1/s1. The molecule has 3 aliphatic heterocycles. The summed E-state index contributed by atoms with van der Waals surface area (Å²) in [6.45, 7) is 4.50. The molecule has 3 fully saturated rings. The smallest absolute Gasteiger partial charge is 0.287 e. The highest BCUT2D eigenvalue weighted by Crippen LogP contribution is 2.32. The minimum Gasteiger partial charge on any atom is -0.451 e. The zero-order valence-electron chi connectivity index (χ0n) is 13.9. The lowest BCUT2D eigenvalue weighted by atomic mass is 9.79. The van der Waals surface area contributed by atoms with Crippen molar-refractivity contribution in [3.63, 3.8) is 0 Å². The first-order chi connectivity index (χ1) is 11.6. The maximum atomic E-state index is 12.6. The van der Waals surface area contributed by atoms with Crippen LogP contribution in [0.15, 0.2) is 40.8 Å². The maximum absolute atomic E-state index is 12.6. The van der Waals surface area contributed by atoms with E-state index in [4.69, 9.17) is 10.2 Å². The van der Waals surface area contributed by atoms with Crippen molar-refractivity contribution in [2.45, 2.75) is 31.8 Å². The number of amides is 1. The number of para-hydroxylation sites is 1. The summed E-state index contributed by atoms with van der Waals surface area (Å²) in [6.07, 6.45) is 2.33. The van der Waals surface area contributed by atoms with Crippen LogP contribution < -0.4 is 11.1 Å². The number of benzene rings is 1. The van der Waals surface area contributed by atoms with Crippen LogP contribution in [0.4, 0.5) is 5.69 Å². The Balaban J connectivity index is 1.51. The molecular formula is C19H23N3O2. The second-order valence-electron chi connectivity index (χ2n) is 6.86. The predicted molar refractivity (Wildman–Crippen MR) is 93.6 cm³/mol. The first-order valence-electron chi connectivity index (χ1n) is 8.63. The van der Waals surface area contributed by atoms with Gasteiger partial charge in [-0.25, -0.2) is 0 Å². The molecule has 1 aromatic heterocycles. The van der Waals surface area contributed by atoms with E-state index in [1.165, 1.54) is 12.8 Å². The van der Waals surface area contributed by atoms with Crippen molar-refractivity contribution in [3.8, 4) is 11.3 Å². The molecule has 0 unspecified atom stereocenters. The van der Waals surface area contributed by atoms with Gasteiger partial charge < -0.3 is 15.5 Å². The van der Waals surface area contributed by atoms with E-state index in [0.717, 1.165) is 18.7 Å². The van der Waals surface area contributed by atoms with E-state index in [1.807, 2.05) is 24.3 Å². The van der Waals surface area contributed by atoms with Gasteiger partial charge in [0, 0.05) is 23.3 Å². The summed E-state index contributed by atoms with van der Waals surface area (Å²) in [7, 11) is 0. The molecule has 5 heteroatoms. The van der Waals surface area contributed by atoms with Gasteiger partial charge in [-0.2, -0.15) is 0 Å². The van der Waals surface area contributed by atoms with E-state index in [-0.39, 0.29) is 11.9 Å². The van der Waals surface area contributed by atoms with Gasteiger partial charge in [0.2, 0.25) is 0 Å². The number of nitrogens with zero attached hydrogens (tertiary/aromatic N) is 1. The maximum Gasteiger partial charge on any atom is 0.287 e. The Morgan fingerprint density at radius 3 is 2.67 bits per heavy atom. The molecule has 0 spiro atoms. The largest absolute Gasteiger partial charge is 0.451 e. The van der Waals surface area contributed by atoms with E-state index in [2.05, 4.69) is 17.1 Å². The van der Waals surface area contributed by atoms with E-state index < -0.39 is 0 Å². The molecule has 0 saturated carbocycles. The molecule has 2 bridgehead atoms. The summed E-state index contributed by atoms with van der Waals surface area (Å²) < 4.78 is 5.76. The van der Waals surface area contributed by atoms with Crippen LogP contribution in [-0.4, -0.2) is 36.0 Å². The van der Waals surface area contributed by atoms with Gasteiger partial charge in [0.15, 0.2) is 5.76 Å². The monoisotopic (exact) mass is 325 g/mol. The van der Waals surface area contributed by atoms with Crippen molar-refractivity contribution in [3.05, 3.63) is 42.2 Å². The molecule has 3 saturated heterocycles. The number of anilines is 1. The second-order valence-corrected chi connectivity index (χ2v) is 6.86. The minimum atomic E-state index is -0.138. The Kier molecular flexibility index (Phi) is 3.81. The van der Waals surface area contributed by atoms with Crippen molar-refractivity contribution in [2.24, 2.45) is 5.92 Å². The third-order valence-electron chi connectivity index (χ3n) is 5.53. The number of nitrogens with two attached hydrogens (primary N) is 1. The third-order valence-corrected chi connectivity index (χ3v) is 5.53. The fourth-order valence-corrected chi connectivity index (χ4v) is 4.09. The number of rotatable bonds is 3. The summed E-state index contributed by atoms with van der Waals surface area (Å²) in [5.74, 6) is 1.41. The summed E-state index contributed by atoms with van der Waals surface area (Å²) in [5.41, 5.74) is 7.44. The van der Waals surface area contributed by atoms with Gasteiger partial charge in [-0.15, -0.1) is 0 Å². The lowest BCUT2D eigenvalue weighted by molar-refractivity contribution is 0.0211. The van der Waals surface area contributed by atoms with Crippen LogP contribution in [-0.2, 0) is 0 Å². The van der Waals surface area contributed by atoms with Gasteiger partial charge in [0.1, 0.15) is 5.76 Å². The first-order valence-corrected chi connectivity index (χ1v) is 8.63. The highest BCUT2D eigenvalue weighted by molar-refractivity contribution is 5.92. The molecule has 5 nitrogen and oxygen atoms in total. The summed E-state index contributed by atoms with van der Waals surface area (Å²) in [4.78, 5) is 15.1. The Labute approximate surface area is 141 Å². The van der Waals surface area contributed by atoms with Crippen LogP contribution in [0.25, 0.3) is 11.3 Å². The molecule has 3 aliphatic rings. The van der Waals surface area contributed by atoms with Gasteiger partial charge in [0.05, 0.1) is 0 Å². The van der Waals surface area contributed by atoms with Crippen LogP contribution in [0.5, 0.6) is 0 Å². The molecule has 4 heterocycles. The Morgan fingerprint density at radius 2 is 1.96 bits per heavy atom. The molecule has 0 aliphatic carbocycles. The lowest BCUT2D eigenvalue weighted by Gasteiger charge is -2.49. The van der Waals surface area contributed by atoms with Crippen LogP contribution in [0.3, 0.4) is 0 Å². The third kappa shape index (κ3) is 2.59. The van der Waals surface area contributed by atoms with Crippen molar-refractivity contribution in [2.75, 3.05) is 18.8 Å². The number of nitrogen functional groups attached to an aromatic ring is 1. The highest BCUT2D eigenvalue weighted by Gasteiger charge is 2.40. The Hall–Kier alpha value is -2.27. The number of carbonyl (C=O) groups excluding carboxylic acids is 1. The second kappa shape index (κ2) is 5.98. The molecular weight excluding hydrogens is 302 g/mol. The van der Waals surface area contributed by atoms with E-state index in [1.54, 1.807) is 12.1 Å². The molecule has 2 atom stereocenters. The van der Waals surface area contributed by atoms with Crippen LogP contribution in [0.2, 0.25) is 0 Å². The van der Waals surface area contributed by atoms with E-state index >= 15 is 0 Å². The molecule has 24 heavy (non-hydrogen) atoms. The number of piperidine rings is 3. The Bertz CT molecular complexity index is 745. The quantitative estimate of drug-likeness (QED) is 0.851. The zero-order chi connectivity index (χ0) is 16.7. The molecule has 3 N–H and O–H groups in total.